The lowest BCUT2D eigenvalue weighted by Crippen LogP contribution is -2.29. The fourth-order valence-corrected chi connectivity index (χ4v) is 2.67. The molecule has 0 saturated carbocycles. The van der Waals surface area contributed by atoms with Crippen LogP contribution in [-0.4, -0.2) is 31.9 Å². The summed E-state index contributed by atoms with van der Waals surface area (Å²) in [6.45, 7) is 2.96. The number of ether oxygens (including phenoxy) is 2. The van der Waals surface area contributed by atoms with Gasteiger partial charge in [-0.05, 0) is 42.8 Å². The summed E-state index contributed by atoms with van der Waals surface area (Å²) in [6, 6.07) is 15.5. The molecule has 0 aliphatic rings. The number of hydrogen-bond donors (Lipinski definition) is 1. The molecule has 0 bridgehead atoms. The standard InChI is InChI=1S/C18H21NO3S/c1-14-5-3-4-6-17(14)22-12-11-19-18(20)13-23-16-9-7-15(21-2)8-10-16/h3-10H,11-13H2,1-2H3,(H,19,20). The van der Waals surface area contributed by atoms with Crippen molar-refractivity contribution >= 4 is 17.7 Å². The first kappa shape index (κ1) is 17.2. The number of aryl methyl sites for hydroxylation is 1. The van der Waals surface area contributed by atoms with Crippen molar-refractivity contribution < 1.29 is 14.3 Å². The van der Waals surface area contributed by atoms with Gasteiger partial charge >= 0.3 is 0 Å². The van der Waals surface area contributed by atoms with Crippen LogP contribution in [0.3, 0.4) is 0 Å². The second-order valence-electron chi connectivity index (χ2n) is 4.93. The summed E-state index contributed by atoms with van der Waals surface area (Å²) in [6.07, 6.45) is 0. The van der Waals surface area contributed by atoms with Crippen molar-refractivity contribution in [3.63, 3.8) is 0 Å². The Morgan fingerprint density at radius 2 is 1.87 bits per heavy atom. The first-order valence-corrected chi connectivity index (χ1v) is 8.39. The zero-order chi connectivity index (χ0) is 16.5. The highest BCUT2D eigenvalue weighted by atomic mass is 32.2. The van der Waals surface area contributed by atoms with Gasteiger partial charge in [-0.25, -0.2) is 0 Å². The Labute approximate surface area is 141 Å². The zero-order valence-corrected chi connectivity index (χ0v) is 14.2. The van der Waals surface area contributed by atoms with Crippen LogP contribution in [0.5, 0.6) is 11.5 Å². The van der Waals surface area contributed by atoms with Crippen LogP contribution in [0.2, 0.25) is 0 Å². The van der Waals surface area contributed by atoms with Gasteiger partial charge in [-0.3, -0.25) is 4.79 Å². The first-order chi connectivity index (χ1) is 11.2. The van der Waals surface area contributed by atoms with Gasteiger partial charge in [0.05, 0.1) is 19.4 Å². The SMILES string of the molecule is COc1ccc(SCC(=O)NCCOc2ccccc2C)cc1. The molecule has 1 N–H and O–H groups in total. The van der Waals surface area contributed by atoms with Crippen LogP contribution in [0.1, 0.15) is 5.56 Å². The number of rotatable bonds is 8. The molecule has 2 aromatic carbocycles. The van der Waals surface area contributed by atoms with Crippen molar-refractivity contribution in [2.24, 2.45) is 0 Å². The van der Waals surface area contributed by atoms with Crippen molar-refractivity contribution in [1.29, 1.82) is 0 Å². The van der Waals surface area contributed by atoms with Crippen LogP contribution < -0.4 is 14.8 Å². The zero-order valence-electron chi connectivity index (χ0n) is 13.4. The normalized spacial score (nSPS) is 10.2. The molecule has 0 aliphatic carbocycles. The van der Waals surface area contributed by atoms with E-state index in [9.17, 15) is 4.79 Å². The third-order valence-electron chi connectivity index (χ3n) is 3.20. The number of hydrogen-bond acceptors (Lipinski definition) is 4. The molecule has 1 amide bonds. The van der Waals surface area contributed by atoms with Crippen molar-refractivity contribution in [1.82, 2.24) is 5.32 Å². The van der Waals surface area contributed by atoms with Crippen LogP contribution in [0.25, 0.3) is 0 Å². The Morgan fingerprint density at radius 3 is 2.57 bits per heavy atom. The molecule has 23 heavy (non-hydrogen) atoms. The second kappa shape index (κ2) is 9.10. The lowest BCUT2D eigenvalue weighted by Gasteiger charge is -2.09. The highest BCUT2D eigenvalue weighted by Crippen LogP contribution is 2.21. The van der Waals surface area contributed by atoms with E-state index in [-0.39, 0.29) is 5.91 Å². The van der Waals surface area contributed by atoms with Gasteiger partial charge in [0.2, 0.25) is 5.91 Å². The molecule has 0 atom stereocenters. The molecule has 0 fully saturated rings. The fraction of sp³-hybridized carbons (Fsp3) is 0.278. The molecule has 0 saturated heterocycles. The van der Waals surface area contributed by atoms with Crippen LogP contribution in [0.4, 0.5) is 0 Å². The summed E-state index contributed by atoms with van der Waals surface area (Å²) in [7, 11) is 1.63. The number of benzene rings is 2. The maximum atomic E-state index is 11.8. The minimum atomic E-state index is -0.000739. The Bertz CT molecular complexity index is 628. The fourth-order valence-electron chi connectivity index (χ4n) is 1.94. The molecule has 0 radical (unpaired) electrons. The van der Waals surface area contributed by atoms with E-state index >= 15 is 0 Å². The third-order valence-corrected chi connectivity index (χ3v) is 4.22. The first-order valence-electron chi connectivity index (χ1n) is 7.41. The maximum Gasteiger partial charge on any atom is 0.230 e. The van der Waals surface area contributed by atoms with E-state index < -0.39 is 0 Å². The molecule has 0 aliphatic heterocycles. The minimum Gasteiger partial charge on any atom is -0.497 e. The third kappa shape index (κ3) is 5.87. The minimum absolute atomic E-state index is 0.000739. The smallest absolute Gasteiger partial charge is 0.230 e. The van der Waals surface area contributed by atoms with Gasteiger partial charge in [0.15, 0.2) is 0 Å². The molecule has 2 aromatic rings. The van der Waals surface area contributed by atoms with Gasteiger partial charge in [0.1, 0.15) is 18.1 Å². The summed E-state index contributed by atoms with van der Waals surface area (Å²) in [5.74, 6) is 2.05. The van der Waals surface area contributed by atoms with Crippen molar-refractivity contribution in [2.45, 2.75) is 11.8 Å². The quantitative estimate of drug-likeness (QED) is 0.596. The van der Waals surface area contributed by atoms with Gasteiger partial charge in [-0.1, -0.05) is 18.2 Å². The molecule has 0 unspecified atom stereocenters. The highest BCUT2D eigenvalue weighted by molar-refractivity contribution is 8.00. The van der Waals surface area contributed by atoms with Crippen LogP contribution in [-0.2, 0) is 4.79 Å². The molecule has 0 spiro atoms. The molecule has 0 aromatic heterocycles. The van der Waals surface area contributed by atoms with Gasteiger partial charge in [-0.2, -0.15) is 0 Å². The molecule has 2 rings (SSSR count). The number of amides is 1. The monoisotopic (exact) mass is 331 g/mol. The van der Waals surface area contributed by atoms with E-state index in [1.165, 1.54) is 11.8 Å². The Morgan fingerprint density at radius 1 is 1.13 bits per heavy atom. The second-order valence-corrected chi connectivity index (χ2v) is 5.98. The number of nitrogens with one attached hydrogen (secondary N) is 1. The number of methoxy groups -OCH3 is 1. The molecule has 4 nitrogen and oxygen atoms in total. The van der Waals surface area contributed by atoms with Gasteiger partial charge < -0.3 is 14.8 Å². The van der Waals surface area contributed by atoms with Gasteiger partial charge in [-0.15, -0.1) is 11.8 Å². The predicted molar refractivity (Wildman–Crippen MR) is 93.4 cm³/mol. The van der Waals surface area contributed by atoms with Crippen LogP contribution >= 0.6 is 11.8 Å². The topological polar surface area (TPSA) is 47.6 Å². The van der Waals surface area contributed by atoms with E-state index in [4.69, 9.17) is 9.47 Å². The van der Waals surface area contributed by atoms with E-state index in [0.29, 0.717) is 18.9 Å². The number of carbonyl (C=O) groups is 1. The number of carbonyl (C=O) groups excluding carboxylic acids is 1. The molecule has 5 heteroatoms. The van der Waals surface area contributed by atoms with Crippen molar-refractivity contribution in [3.05, 3.63) is 54.1 Å². The van der Waals surface area contributed by atoms with Gasteiger partial charge in [0.25, 0.3) is 0 Å². The van der Waals surface area contributed by atoms with E-state index in [2.05, 4.69) is 5.32 Å². The summed E-state index contributed by atoms with van der Waals surface area (Å²) in [5, 5.41) is 2.86. The lowest BCUT2D eigenvalue weighted by atomic mass is 10.2. The predicted octanol–water partition coefficient (Wildman–Crippen LogP) is 3.29. The van der Waals surface area contributed by atoms with Crippen molar-refractivity contribution in [2.75, 3.05) is 26.0 Å². The van der Waals surface area contributed by atoms with Crippen molar-refractivity contribution in [3.8, 4) is 11.5 Å². The highest BCUT2D eigenvalue weighted by Gasteiger charge is 2.03. The molecular formula is C18H21NO3S. The van der Waals surface area contributed by atoms with E-state index in [1.54, 1.807) is 7.11 Å². The number of thioether (sulfide) groups is 1. The Kier molecular flexibility index (Phi) is 6.81. The van der Waals surface area contributed by atoms with Crippen LogP contribution in [0, 0.1) is 6.92 Å². The summed E-state index contributed by atoms with van der Waals surface area (Å²) in [4.78, 5) is 12.8. The summed E-state index contributed by atoms with van der Waals surface area (Å²) in [5.41, 5.74) is 1.09. The molecular weight excluding hydrogens is 310 g/mol. The maximum absolute atomic E-state index is 11.8. The van der Waals surface area contributed by atoms with E-state index in [1.807, 2.05) is 55.5 Å². The van der Waals surface area contributed by atoms with E-state index in [0.717, 1.165) is 22.0 Å². The average molecular weight is 331 g/mol. The van der Waals surface area contributed by atoms with Crippen LogP contribution in [0.15, 0.2) is 53.4 Å². The Balaban J connectivity index is 1.64. The number of para-hydroxylation sites is 1. The average Bonchev–Trinajstić information content (AvgIpc) is 2.59. The lowest BCUT2D eigenvalue weighted by molar-refractivity contribution is -0.118. The summed E-state index contributed by atoms with van der Waals surface area (Å²) < 4.78 is 10.7. The largest absolute Gasteiger partial charge is 0.497 e. The Hall–Kier alpha value is -2.14. The molecule has 0 heterocycles. The van der Waals surface area contributed by atoms with Gasteiger partial charge in [0, 0.05) is 4.90 Å². The summed E-state index contributed by atoms with van der Waals surface area (Å²) >= 11 is 1.50. The molecule has 122 valence electrons.